The van der Waals surface area contributed by atoms with Gasteiger partial charge in [-0.05, 0) is 55.8 Å². The summed E-state index contributed by atoms with van der Waals surface area (Å²) in [5.74, 6) is 0.796. The molecule has 1 aromatic carbocycles. The number of hydrogen-bond acceptors (Lipinski definition) is 7. The molecule has 8 heteroatoms. The lowest BCUT2D eigenvalue weighted by molar-refractivity contribution is -0.106. The Bertz CT molecular complexity index is 740. The average molecular weight is 418 g/mol. The molecule has 3 rings (SSSR count). The normalized spacial score (nSPS) is 14.4. The first-order chi connectivity index (χ1) is 14.1. The van der Waals surface area contributed by atoms with E-state index in [2.05, 4.69) is 56.9 Å². The minimum Gasteiger partial charge on any atom is -0.383 e. The number of nitrogens with one attached hydrogen (secondary N) is 2. The van der Waals surface area contributed by atoms with Gasteiger partial charge in [-0.2, -0.15) is 4.83 Å². The molecule has 1 aliphatic heterocycles. The zero-order valence-electron chi connectivity index (χ0n) is 17.0. The van der Waals surface area contributed by atoms with Crippen molar-refractivity contribution < 1.29 is 9.32 Å². The van der Waals surface area contributed by atoms with E-state index in [0.717, 1.165) is 43.2 Å². The summed E-state index contributed by atoms with van der Waals surface area (Å²) in [7, 11) is 0. The average Bonchev–Trinajstić information content (AvgIpc) is 2.99. The Morgan fingerprint density at radius 1 is 1.28 bits per heavy atom. The Hall–Kier alpha value is -2.29. The minimum absolute atomic E-state index is 0.250. The van der Waals surface area contributed by atoms with E-state index in [-0.39, 0.29) is 6.41 Å². The van der Waals surface area contributed by atoms with E-state index in [4.69, 9.17) is 9.32 Å². The first-order valence-corrected chi connectivity index (χ1v) is 10.7. The third kappa shape index (κ3) is 8.72. The Balaban J connectivity index is 0.000000941. The van der Waals surface area contributed by atoms with Crippen molar-refractivity contribution in [2.24, 2.45) is 5.73 Å². The molecule has 0 bridgehead atoms. The summed E-state index contributed by atoms with van der Waals surface area (Å²) in [6.45, 7) is 9.00. The topological polar surface area (TPSA) is 96.4 Å². The van der Waals surface area contributed by atoms with Crippen LogP contribution >= 0.6 is 11.9 Å². The van der Waals surface area contributed by atoms with Gasteiger partial charge in [0.15, 0.2) is 0 Å². The molecule has 0 aliphatic carbocycles. The molecule has 7 nitrogen and oxygen atoms in total. The van der Waals surface area contributed by atoms with Crippen LogP contribution in [0.2, 0.25) is 0 Å². The van der Waals surface area contributed by atoms with E-state index >= 15 is 0 Å². The molecule has 29 heavy (non-hydrogen) atoms. The number of primary amides is 1. The summed E-state index contributed by atoms with van der Waals surface area (Å²) >= 11 is 1.70. The number of hydrogen-bond donors (Lipinski definition) is 3. The predicted molar refractivity (Wildman–Crippen MR) is 118 cm³/mol. The fourth-order valence-corrected chi connectivity index (χ4v) is 3.65. The van der Waals surface area contributed by atoms with Gasteiger partial charge < -0.3 is 15.6 Å². The van der Waals surface area contributed by atoms with Gasteiger partial charge in [-0.1, -0.05) is 36.7 Å². The standard InChI is InChI=1S/C20H28N4OS.CH3NO/c1-16-15-20(22-25-16)17(2)21-12-11-18-7-9-19(10-8-18)26-23-24-13-5-3-4-6-14-24;2-1-3/h7-10,15,21,23H,2-6,11-14H2,1H3;1H,(H2,2,3). The van der Waals surface area contributed by atoms with Crippen LogP contribution in [0.1, 0.15) is 42.7 Å². The van der Waals surface area contributed by atoms with Crippen molar-refractivity contribution in [2.45, 2.75) is 43.9 Å². The lowest BCUT2D eigenvalue weighted by Gasteiger charge is -2.20. The first-order valence-electron chi connectivity index (χ1n) is 9.90. The number of nitrogens with two attached hydrogens (primary N) is 1. The number of aryl methyl sites for hydroxylation is 1. The number of amides is 1. The predicted octanol–water partition coefficient (Wildman–Crippen LogP) is 3.28. The second kappa shape index (κ2) is 13.0. The first kappa shape index (κ1) is 23.0. The summed E-state index contributed by atoms with van der Waals surface area (Å²) < 4.78 is 5.07. The Labute approximate surface area is 177 Å². The summed E-state index contributed by atoms with van der Waals surface area (Å²) in [6.07, 6.45) is 6.49. The molecule has 0 saturated carbocycles. The van der Waals surface area contributed by atoms with Crippen LogP contribution in [-0.2, 0) is 11.2 Å². The summed E-state index contributed by atoms with van der Waals surface area (Å²) in [4.78, 5) is 13.3. The number of carbonyl (C=O) groups excluding carboxylic acids is 1. The van der Waals surface area contributed by atoms with Gasteiger partial charge in [0.25, 0.3) is 0 Å². The van der Waals surface area contributed by atoms with Crippen LogP contribution in [0.3, 0.4) is 0 Å². The monoisotopic (exact) mass is 417 g/mol. The van der Waals surface area contributed by atoms with Crippen molar-refractivity contribution in [3.05, 3.63) is 53.9 Å². The van der Waals surface area contributed by atoms with E-state index in [9.17, 15) is 0 Å². The molecule has 0 spiro atoms. The molecule has 1 aliphatic rings. The molecule has 4 N–H and O–H groups in total. The number of benzene rings is 1. The van der Waals surface area contributed by atoms with E-state index in [1.807, 2.05) is 13.0 Å². The maximum absolute atomic E-state index is 8.58. The molecule has 0 unspecified atom stereocenters. The highest BCUT2D eigenvalue weighted by Gasteiger charge is 2.08. The van der Waals surface area contributed by atoms with Gasteiger partial charge in [-0.25, -0.2) is 5.01 Å². The van der Waals surface area contributed by atoms with Crippen LogP contribution < -0.4 is 15.9 Å². The molecule has 1 aromatic heterocycles. The molecule has 1 fully saturated rings. The second-order valence-corrected chi connectivity index (χ2v) is 7.71. The minimum atomic E-state index is 0.250. The third-order valence-electron chi connectivity index (χ3n) is 4.51. The molecule has 1 saturated heterocycles. The van der Waals surface area contributed by atoms with E-state index in [0.29, 0.717) is 0 Å². The van der Waals surface area contributed by atoms with Crippen LogP contribution in [0.4, 0.5) is 0 Å². The van der Waals surface area contributed by atoms with Crippen molar-refractivity contribution in [3.8, 4) is 0 Å². The molecular weight excluding hydrogens is 386 g/mol. The Kier molecular flexibility index (Phi) is 10.3. The summed E-state index contributed by atoms with van der Waals surface area (Å²) in [5, 5.41) is 9.62. The molecule has 2 heterocycles. The zero-order chi connectivity index (χ0) is 20.9. The van der Waals surface area contributed by atoms with E-state index in [1.165, 1.54) is 36.1 Å². The van der Waals surface area contributed by atoms with E-state index in [1.54, 1.807) is 11.9 Å². The maximum Gasteiger partial charge on any atom is 0.204 e. The molecule has 158 valence electrons. The second-order valence-electron chi connectivity index (χ2n) is 6.85. The number of aromatic nitrogens is 1. The highest BCUT2D eigenvalue weighted by Crippen LogP contribution is 2.18. The number of nitrogens with zero attached hydrogens (tertiary/aromatic N) is 2. The van der Waals surface area contributed by atoms with Crippen LogP contribution in [0.5, 0.6) is 0 Å². The van der Waals surface area contributed by atoms with Gasteiger partial charge in [-0.3, -0.25) is 4.79 Å². The summed E-state index contributed by atoms with van der Waals surface area (Å²) in [6, 6.07) is 10.6. The number of carbonyl (C=O) groups is 1. The Morgan fingerprint density at radius 2 is 1.93 bits per heavy atom. The highest BCUT2D eigenvalue weighted by molar-refractivity contribution is 7.97. The van der Waals surface area contributed by atoms with Gasteiger partial charge in [0.05, 0.1) is 5.70 Å². The van der Waals surface area contributed by atoms with Gasteiger partial charge in [0, 0.05) is 30.6 Å². The number of hydrazine groups is 1. The van der Waals surface area contributed by atoms with E-state index < -0.39 is 0 Å². The zero-order valence-corrected chi connectivity index (χ0v) is 17.8. The van der Waals surface area contributed by atoms with Crippen LogP contribution in [0, 0.1) is 6.92 Å². The van der Waals surface area contributed by atoms with Crippen molar-refractivity contribution in [1.29, 1.82) is 0 Å². The van der Waals surface area contributed by atoms with Gasteiger partial charge in [0.1, 0.15) is 11.5 Å². The number of rotatable bonds is 8. The van der Waals surface area contributed by atoms with Crippen molar-refractivity contribution >= 4 is 24.1 Å². The molecule has 1 amide bonds. The van der Waals surface area contributed by atoms with Crippen molar-refractivity contribution in [3.63, 3.8) is 0 Å². The Morgan fingerprint density at radius 3 is 2.52 bits per heavy atom. The summed E-state index contributed by atoms with van der Waals surface area (Å²) in [5.41, 5.74) is 7.05. The molecular formula is C21H31N5O2S. The molecule has 0 radical (unpaired) electrons. The van der Waals surface area contributed by atoms with Crippen molar-refractivity contribution in [1.82, 2.24) is 20.3 Å². The maximum atomic E-state index is 8.58. The fourth-order valence-electron chi connectivity index (χ4n) is 2.96. The molecule has 0 atom stereocenters. The van der Waals surface area contributed by atoms with Crippen molar-refractivity contribution in [2.75, 3.05) is 19.6 Å². The van der Waals surface area contributed by atoms with Crippen LogP contribution in [0.25, 0.3) is 5.70 Å². The van der Waals surface area contributed by atoms with Gasteiger partial charge in [-0.15, -0.1) is 0 Å². The van der Waals surface area contributed by atoms with Gasteiger partial charge in [0.2, 0.25) is 6.41 Å². The highest BCUT2D eigenvalue weighted by atomic mass is 32.2. The lowest BCUT2D eigenvalue weighted by Crippen LogP contribution is -2.33. The van der Waals surface area contributed by atoms with Crippen LogP contribution in [-0.4, -0.2) is 36.2 Å². The van der Waals surface area contributed by atoms with Crippen LogP contribution in [0.15, 0.2) is 46.3 Å². The fraction of sp³-hybridized carbons (Fsp3) is 0.429. The third-order valence-corrected chi connectivity index (χ3v) is 5.37. The lowest BCUT2D eigenvalue weighted by atomic mass is 10.1. The molecule has 2 aromatic rings. The SMILES string of the molecule is C=C(NCCc1ccc(SNN2CCCCCC2)cc1)c1cc(C)on1.NC=O. The quantitative estimate of drug-likeness (QED) is 0.448. The smallest absolute Gasteiger partial charge is 0.204 e. The largest absolute Gasteiger partial charge is 0.383 e. The van der Waals surface area contributed by atoms with Gasteiger partial charge >= 0.3 is 0 Å².